The summed E-state index contributed by atoms with van der Waals surface area (Å²) in [4.78, 5) is 19.2. The molecule has 0 aliphatic carbocycles. The maximum Gasteiger partial charge on any atom is 0.243 e. The van der Waals surface area contributed by atoms with Gasteiger partial charge in [-0.25, -0.2) is 8.42 Å². The van der Waals surface area contributed by atoms with Crippen LogP contribution in [0.1, 0.15) is 39.2 Å². The molecule has 7 nitrogen and oxygen atoms in total. The molecule has 1 aliphatic heterocycles. The van der Waals surface area contributed by atoms with Crippen molar-refractivity contribution >= 4 is 15.9 Å². The Morgan fingerprint density at radius 1 is 1.26 bits per heavy atom. The average molecular weight is 446 g/mol. The highest BCUT2D eigenvalue weighted by atomic mass is 32.2. The summed E-state index contributed by atoms with van der Waals surface area (Å²) in [7, 11) is -3.65. The molecule has 0 radical (unpaired) electrons. The summed E-state index contributed by atoms with van der Waals surface area (Å²) in [6.07, 6.45) is 4.92. The number of pyridine rings is 1. The van der Waals surface area contributed by atoms with Gasteiger partial charge in [-0.3, -0.25) is 9.78 Å². The van der Waals surface area contributed by atoms with E-state index < -0.39 is 10.0 Å². The molecule has 1 atom stereocenters. The summed E-state index contributed by atoms with van der Waals surface area (Å²) in [6, 6.07) is 10.1. The second kappa shape index (κ2) is 10.2. The van der Waals surface area contributed by atoms with Crippen LogP contribution in [0.3, 0.4) is 0 Å². The van der Waals surface area contributed by atoms with E-state index in [1.807, 2.05) is 37.8 Å². The highest BCUT2D eigenvalue weighted by molar-refractivity contribution is 7.89. The Morgan fingerprint density at radius 3 is 2.61 bits per heavy atom. The van der Waals surface area contributed by atoms with Gasteiger partial charge in [-0.2, -0.15) is 4.31 Å². The minimum absolute atomic E-state index is 0.0224. The predicted octanol–water partition coefficient (Wildman–Crippen LogP) is 3.32. The maximum absolute atomic E-state index is 13.3. The topological polar surface area (TPSA) is 79.8 Å². The first-order valence-corrected chi connectivity index (χ1v) is 12.2. The van der Waals surface area contributed by atoms with Crippen molar-refractivity contribution in [2.24, 2.45) is 5.92 Å². The standard InChI is InChI=1S/C23H31N3O4S/c1-4-30-21-9-11-22(12-10-21)31(28,29)25-14-6-8-20(17-25)26(23(27)18(2)3)16-19-7-5-13-24-15-19/h5,7,9-13,15,18,20H,4,6,8,14,16-17H2,1-3H3. The highest BCUT2D eigenvalue weighted by Crippen LogP contribution is 2.26. The molecule has 1 saturated heterocycles. The third-order valence-electron chi connectivity index (χ3n) is 5.43. The fourth-order valence-corrected chi connectivity index (χ4v) is 5.34. The lowest BCUT2D eigenvalue weighted by molar-refractivity contribution is -0.138. The van der Waals surface area contributed by atoms with Gasteiger partial charge in [-0.1, -0.05) is 19.9 Å². The van der Waals surface area contributed by atoms with Crippen molar-refractivity contribution in [3.63, 3.8) is 0 Å². The lowest BCUT2D eigenvalue weighted by Crippen LogP contribution is -2.52. The fraction of sp³-hybridized carbons (Fsp3) is 0.478. The molecule has 0 saturated carbocycles. The summed E-state index contributed by atoms with van der Waals surface area (Å²) in [5.41, 5.74) is 0.933. The summed E-state index contributed by atoms with van der Waals surface area (Å²) >= 11 is 0. The number of hydrogen-bond donors (Lipinski definition) is 0. The molecule has 0 bridgehead atoms. The average Bonchev–Trinajstić information content (AvgIpc) is 2.78. The van der Waals surface area contributed by atoms with Gasteiger partial charge in [0.1, 0.15) is 5.75 Å². The van der Waals surface area contributed by atoms with Crippen molar-refractivity contribution in [3.8, 4) is 5.75 Å². The number of rotatable bonds is 8. The van der Waals surface area contributed by atoms with Gasteiger partial charge < -0.3 is 9.64 Å². The fourth-order valence-electron chi connectivity index (χ4n) is 3.82. The number of carbonyl (C=O) groups excluding carboxylic acids is 1. The summed E-state index contributed by atoms with van der Waals surface area (Å²) in [5.74, 6) is 0.493. The van der Waals surface area contributed by atoms with Crippen molar-refractivity contribution in [3.05, 3.63) is 54.4 Å². The molecular weight excluding hydrogens is 414 g/mol. The SMILES string of the molecule is CCOc1ccc(S(=O)(=O)N2CCCC(N(Cc3cccnc3)C(=O)C(C)C)C2)cc1. The smallest absolute Gasteiger partial charge is 0.243 e. The van der Waals surface area contributed by atoms with E-state index in [1.54, 1.807) is 36.7 Å². The van der Waals surface area contributed by atoms with Crippen molar-refractivity contribution in [1.82, 2.24) is 14.2 Å². The molecule has 1 unspecified atom stereocenters. The van der Waals surface area contributed by atoms with Gasteiger partial charge in [-0.15, -0.1) is 0 Å². The van der Waals surface area contributed by atoms with Crippen LogP contribution in [0.2, 0.25) is 0 Å². The Labute approximate surface area is 185 Å². The van der Waals surface area contributed by atoms with E-state index in [2.05, 4.69) is 4.98 Å². The normalized spacial score (nSPS) is 17.5. The van der Waals surface area contributed by atoms with E-state index in [0.717, 1.165) is 12.0 Å². The molecule has 1 amide bonds. The van der Waals surface area contributed by atoms with Gasteiger partial charge in [-0.05, 0) is 55.7 Å². The van der Waals surface area contributed by atoms with Gasteiger partial charge in [0.15, 0.2) is 0 Å². The molecule has 1 aromatic carbocycles. The number of amides is 1. The molecule has 0 spiro atoms. The van der Waals surface area contributed by atoms with Crippen LogP contribution in [0.4, 0.5) is 0 Å². The molecule has 168 valence electrons. The number of aromatic nitrogens is 1. The van der Waals surface area contributed by atoms with Crippen LogP contribution in [0, 0.1) is 5.92 Å². The van der Waals surface area contributed by atoms with E-state index in [4.69, 9.17) is 4.74 Å². The lowest BCUT2D eigenvalue weighted by atomic mass is 10.0. The first-order valence-electron chi connectivity index (χ1n) is 10.7. The highest BCUT2D eigenvalue weighted by Gasteiger charge is 2.35. The largest absolute Gasteiger partial charge is 0.494 e. The Morgan fingerprint density at radius 2 is 2.00 bits per heavy atom. The zero-order chi connectivity index (χ0) is 22.4. The minimum Gasteiger partial charge on any atom is -0.494 e. The van der Waals surface area contributed by atoms with Crippen molar-refractivity contribution in [2.45, 2.75) is 51.1 Å². The molecule has 2 aromatic rings. The van der Waals surface area contributed by atoms with Crippen LogP contribution >= 0.6 is 0 Å². The number of sulfonamides is 1. The Balaban J connectivity index is 1.81. The quantitative estimate of drug-likeness (QED) is 0.623. The van der Waals surface area contributed by atoms with E-state index in [1.165, 1.54) is 4.31 Å². The van der Waals surface area contributed by atoms with E-state index in [-0.39, 0.29) is 29.3 Å². The predicted molar refractivity (Wildman–Crippen MR) is 119 cm³/mol. The lowest BCUT2D eigenvalue weighted by Gasteiger charge is -2.39. The molecule has 8 heteroatoms. The summed E-state index contributed by atoms with van der Waals surface area (Å²) in [5, 5.41) is 0. The van der Waals surface area contributed by atoms with Crippen LogP contribution in [-0.4, -0.2) is 54.3 Å². The van der Waals surface area contributed by atoms with Crippen molar-refractivity contribution in [1.29, 1.82) is 0 Å². The molecule has 2 heterocycles. The first kappa shape index (κ1) is 23.2. The van der Waals surface area contributed by atoms with Crippen LogP contribution in [0.25, 0.3) is 0 Å². The third kappa shape index (κ3) is 5.62. The second-order valence-electron chi connectivity index (χ2n) is 8.05. The first-order chi connectivity index (χ1) is 14.8. The van der Waals surface area contributed by atoms with Gasteiger partial charge in [0.05, 0.1) is 11.5 Å². The van der Waals surface area contributed by atoms with Gasteiger partial charge in [0.25, 0.3) is 0 Å². The van der Waals surface area contributed by atoms with Crippen LogP contribution in [0.5, 0.6) is 5.75 Å². The molecule has 31 heavy (non-hydrogen) atoms. The van der Waals surface area contributed by atoms with E-state index in [9.17, 15) is 13.2 Å². The van der Waals surface area contributed by atoms with Gasteiger partial charge in [0.2, 0.25) is 15.9 Å². The monoisotopic (exact) mass is 445 g/mol. The number of benzene rings is 1. The number of piperidine rings is 1. The van der Waals surface area contributed by atoms with Crippen molar-refractivity contribution < 1.29 is 17.9 Å². The van der Waals surface area contributed by atoms with Gasteiger partial charge >= 0.3 is 0 Å². The Hall–Kier alpha value is -2.45. The van der Waals surface area contributed by atoms with Crippen LogP contribution in [0.15, 0.2) is 53.7 Å². The molecule has 1 aromatic heterocycles. The maximum atomic E-state index is 13.3. The van der Waals surface area contributed by atoms with Gasteiger partial charge in [0, 0.05) is 44.0 Å². The zero-order valence-electron chi connectivity index (χ0n) is 18.4. The number of ether oxygens (including phenoxy) is 1. The second-order valence-corrected chi connectivity index (χ2v) is 9.98. The third-order valence-corrected chi connectivity index (χ3v) is 7.30. The molecular formula is C23H31N3O4S. The number of carbonyl (C=O) groups is 1. The molecule has 1 aliphatic rings. The molecule has 3 rings (SSSR count). The molecule has 0 N–H and O–H groups in total. The molecule has 1 fully saturated rings. The van der Waals surface area contributed by atoms with Crippen molar-refractivity contribution in [2.75, 3.05) is 19.7 Å². The van der Waals surface area contributed by atoms with Crippen LogP contribution in [-0.2, 0) is 21.4 Å². The zero-order valence-corrected chi connectivity index (χ0v) is 19.2. The van der Waals surface area contributed by atoms with E-state index in [0.29, 0.717) is 31.9 Å². The van der Waals surface area contributed by atoms with Crippen LogP contribution < -0.4 is 4.74 Å². The summed E-state index contributed by atoms with van der Waals surface area (Å²) in [6.45, 7) is 7.31. The Bertz CT molecular complexity index is 962. The Kier molecular flexibility index (Phi) is 7.67. The number of nitrogens with zero attached hydrogens (tertiary/aromatic N) is 3. The number of hydrogen-bond acceptors (Lipinski definition) is 5. The van der Waals surface area contributed by atoms with E-state index >= 15 is 0 Å². The minimum atomic E-state index is -3.65. The summed E-state index contributed by atoms with van der Waals surface area (Å²) < 4.78 is 33.4.